The number of ketones is 2. The van der Waals surface area contributed by atoms with Crippen LogP contribution in [0.15, 0.2) is 24.3 Å². The van der Waals surface area contributed by atoms with Crippen molar-refractivity contribution in [2.75, 3.05) is 0 Å². The molecule has 2 atom stereocenters. The maximum Gasteiger partial charge on any atom is 0.158 e. The first kappa shape index (κ1) is 24.9. The highest BCUT2D eigenvalue weighted by atomic mass is 35.5. The molecule has 5 heteroatoms. The average Bonchev–Trinajstić information content (AvgIpc) is 3.05. The maximum atomic E-state index is 12.4. The summed E-state index contributed by atoms with van der Waals surface area (Å²) in [4.78, 5) is 23.6. The van der Waals surface area contributed by atoms with Gasteiger partial charge in [0, 0.05) is 15.9 Å². The number of Topliss-reactive ketones (excluding diaryl/α,β-unsaturated/α-hetero) is 2. The van der Waals surface area contributed by atoms with Gasteiger partial charge in [0.1, 0.15) is 11.3 Å². The normalized spacial score (nSPS) is 26.5. The molecule has 29 heavy (non-hydrogen) atoms. The Bertz CT molecular complexity index is 843. The number of carbonyl (C=O) groups excluding carboxylic acids is 2. The van der Waals surface area contributed by atoms with Gasteiger partial charge in [-0.25, -0.2) is 0 Å². The molecular formula is C24H31ClN2O2. The lowest BCUT2D eigenvalue weighted by atomic mass is 9.77. The quantitative estimate of drug-likeness (QED) is 0.600. The predicted octanol–water partition coefficient (Wildman–Crippen LogP) is 5.93. The number of nitrogens with zero attached hydrogens (tertiary/aromatic N) is 2. The molecule has 2 fully saturated rings. The summed E-state index contributed by atoms with van der Waals surface area (Å²) < 4.78 is 0. The van der Waals surface area contributed by atoms with E-state index in [4.69, 9.17) is 16.9 Å². The van der Waals surface area contributed by atoms with Crippen LogP contribution in [-0.2, 0) is 16.0 Å². The summed E-state index contributed by atoms with van der Waals surface area (Å²) in [5, 5.41) is 18.6. The molecule has 2 unspecified atom stereocenters. The van der Waals surface area contributed by atoms with Crippen LogP contribution in [0.4, 0.5) is 0 Å². The van der Waals surface area contributed by atoms with E-state index in [9.17, 15) is 14.9 Å². The molecule has 2 aliphatic carbocycles. The van der Waals surface area contributed by atoms with Crippen LogP contribution in [0.5, 0.6) is 0 Å². The summed E-state index contributed by atoms with van der Waals surface area (Å²) in [6.07, 6.45) is 3.54. The minimum absolute atomic E-state index is 0. The van der Waals surface area contributed by atoms with Gasteiger partial charge in [-0.05, 0) is 49.8 Å². The Balaban J connectivity index is 0.000000327. The molecule has 0 radical (unpaired) electrons. The van der Waals surface area contributed by atoms with Gasteiger partial charge in [0.05, 0.1) is 12.1 Å². The molecule has 0 saturated heterocycles. The Labute approximate surface area is 179 Å². The molecule has 2 aliphatic rings. The fourth-order valence-electron chi connectivity index (χ4n) is 4.02. The topological polar surface area (TPSA) is 81.7 Å². The third-order valence-electron chi connectivity index (χ3n) is 6.06. The minimum atomic E-state index is -0.850. The van der Waals surface area contributed by atoms with Crippen LogP contribution in [-0.4, -0.2) is 11.6 Å². The number of benzene rings is 1. The Morgan fingerprint density at radius 3 is 1.93 bits per heavy atom. The second kappa shape index (κ2) is 9.10. The Morgan fingerprint density at radius 1 is 1.00 bits per heavy atom. The van der Waals surface area contributed by atoms with Gasteiger partial charge in [-0.15, -0.1) is 0 Å². The third kappa shape index (κ3) is 5.26. The number of rotatable bonds is 2. The van der Waals surface area contributed by atoms with Crippen LogP contribution in [0.2, 0.25) is 5.02 Å². The molecule has 2 saturated carbocycles. The summed E-state index contributed by atoms with van der Waals surface area (Å²) in [5.74, 6) is -0.127. The van der Waals surface area contributed by atoms with Crippen molar-refractivity contribution in [3.63, 3.8) is 0 Å². The van der Waals surface area contributed by atoms with E-state index in [1.807, 2.05) is 45.9 Å². The van der Waals surface area contributed by atoms with Gasteiger partial charge in [0.25, 0.3) is 0 Å². The van der Waals surface area contributed by atoms with Crippen molar-refractivity contribution in [3.05, 3.63) is 34.9 Å². The number of hydrogen-bond acceptors (Lipinski definition) is 4. The number of nitriles is 2. The molecule has 1 aromatic carbocycles. The van der Waals surface area contributed by atoms with Crippen molar-refractivity contribution in [1.29, 1.82) is 10.5 Å². The van der Waals surface area contributed by atoms with E-state index in [1.54, 1.807) is 12.1 Å². The lowest BCUT2D eigenvalue weighted by Crippen LogP contribution is -2.33. The van der Waals surface area contributed by atoms with Gasteiger partial charge in [-0.1, -0.05) is 58.9 Å². The van der Waals surface area contributed by atoms with Crippen LogP contribution in [0.1, 0.15) is 66.4 Å². The van der Waals surface area contributed by atoms with Gasteiger partial charge < -0.3 is 0 Å². The zero-order chi connectivity index (χ0) is 21.2. The van der Waals surface area contributed by atoms with E-state index < -0.39 is 5.41 Å². The fourth-order valence-corrected chi connectivity index (χ4v) is 4.15. The molecule has 0 bridgehead atoms. The van der Waals surface area contributed by atoms with E-state index >= 15 is 0 Å². The van der Waals surface area contributed by atoms with E-state index in [1.165, 1.54) is 0 Å². The summed E-state index contributed by atoms with van der Waals surface area (Å²) in [6, 6.07) is 11.7. The molecule has 0 aliphatic heterocycles. The van der Waals surface area contributed by atoms with E-state index in [2.05, 4.69) is 6.07 Å². The smallest absolute Gasteiger partial charge is 0.158 e. The van der Waals surface area contributed by atoms with Crippen molar-refractivity contribution in [2.24, 2.45) is 22.2 Å². The van der Waals surface area contributed by atoms with Crippen LogP contribution < -0.4 is 0 Å². The molecule has 0 aromatic heterocycles. The van der Waals surface area contributed by atoms with Crippen LogP contribution >= 0.6 is 11.6 Å². The van der Waals surface area contributed by atoms with Gasteiger partial charge in [0.15, 0.2) is 11.6 Å². The molecule has 3 rings (SSSR count). The summed E-state index contributed by atoms with van der Waals surface area (Å²) in [5.41, 5.74) is -0.466. The van der Waals surface area contributed by atoms with Gasteiger partial charge in [0.2, 0.25) is 0 Å². The second-order valence-electron chi connectivity index (χ2n) is 9.18. The largest absolute Gasteiger partial charge is 0.298 e. The van der Waals surface area contributed by atoms with E-state index in [0.717, 1.165) is 24.8 Å². The molecule has 4 nitrogen and oxygen atoms in total. The Kier molecular flexibility index (Phi) is 7.80. The van der Waals surface area contributed by atoms with Crippen molar-refractivity contribution < 1.29 is 9.59 Å². The van der Waals surface area contributed by atoms with E-state index in [-0.39, 0.29) is 35.7 Å². The first-order chi connectivity index (χ1) is 13.0. The van der Waals surface area contributed by atoms with E-state index in [0.29, 0.717) is 17.9 Å². The predicted molar refractivity (Wildman–Crippen MR) is 115 cm³/mol. The maximum absolute atomic E-state index is 12.4. The highest BCUT2D eigenvalue weighted by Crippen LogP contribution is 2.47. The Hall–Kier alpha value is -2.17. The van der Waals surface area contributed by atoms with Gasteiger partial charge >= 0.3 is 0 Å². The van der Waals surface area contributed by atoms with Crippen LogP contribution in [0, 0.1) is 44.8 Å². The lowest BCUT2D eigenvalue weighted by Gasteiger charge is -2.22. The lowest BCUT2D eigenvalue weighted by molar-refractivity contribution is -0.130. The average molecular weight is 415 g/mol. The first-order valence-electron chi connectivity index (χ1n) is 9.62. The molecule has 1 aromatic rings. The van der Waals surface area contributed by atoms with Gasteiger partial charge in [-0.2, -0.15) is 10.5 Å². The SMILES string of the molecule is C.CC1(C)CCC(C#N)(Cc2ccc(Cl)cc2)C1=O.CC1(C)CCC(C#N)C1=O. The third-order valence-corrected chi connectivity index (χ3v) is 6.31. The van der Waals surface area contributed by atoms with Gasteiger partial charge in [-0.3, -0.25) is 9.59 Å². The minimum Gasteiger partial charge on any atom is -0.298 e. The highest BCUT2D eigenvalue weighted by Gasteiger charge is 2.52. The number of hydrogen-bond donors (Lipinski definition) is 0. The highest BCUT2D eigenvalue weighted by molar-refractivity contribution is 6.30. The van der Waals surface area contributed by atoms with Crippen LogP contribution in [0.3, 0.4) is 0 Å². The molecule has 0 heterocycles. The summed E-state index contributed by atoms with van der Waals surface area (Å²) in [6.45, 7) is 7.67. The number of halogens is 1. The van der Waals surface area contributed by atoms with Crippen molar-refractivity contribution in [2.45, 2.75) is 67.2 Å². The second-order valence-corrected chi connectivity index (χ2v) is 9.62. The number of carbonyl (C=O) groups is 2. The first-order valence-corrected chi connectivity index (χ1v) is 10.00. The standard InChI is InChI=1S/C15H16ClNO.C8H11NO.CH4/c1-14(2)7-8-15(10-17,13(14)18)9-11-3-5-12(16)6-4-11;1-8(2)4-3-6(5-9)7(8)10;/h3-6H,7-9H2,1-2H3;6H,3-4H2,1-2H3;1H4. The zero-order valence-electron chi connectivity index (χ0n) is 17.0. The van der Waals surface area contributed by atoms with Crippen molar-refractivity contribution >= 4 is 23.2 Å². The molecule has 0 N–H and O–H groups in total. The summed E-state index contributed by atoms with van der Waals surface area (Å²) >= 11 is 5.84. The van der Waals surface area contributed by atoms with Crippen LogP contribution in [0.25, 0.3) is 0 Å². The fraction of sp³-hybridized carbons (Fsp3) is 0.583. The molecule has 156 valence electrons. The molecule has 0 amide bonds. The molecule has 0 spiro atoms. The Morgan fingerprint density at radius 2 is 1.59 bits per heavy atom. The van der Waals surface area contributed by atoms with Crippen molar-refractivity contribution in [1.82, 2.24) is 0 Å². The summed E-state index contributed by atoms with van der Waals surface area (Å²) in [7, 11) is 0. The van der Waals surface area contributed by atoms with Crippen molar-refractivity contribution in [3.8, 4) is 12.1 Å². The zero-order valence-corrected chi connectivity index (χ0v) is 17.8. The monoisotopic (exact) mass is 414 g/mol. The molecular weight excluding hydrogens is 384 g/mol.